The first kappa shape index (κ1) is 19.2. The Balaban J connectivity index is 1.51. The van der Waals surface area contributed by atoms with E-state index in [2.05, 4.69) is 5.32 Å². The SMILES string of the molecule is C[C@H](OC(=O)c1cc2cc(Cl)ccc2o1)C(=O)NCCN1C(=O)CSC1=O. The molecule has 1 aromatic carbocycles. The summed E-state index contributed by atoms with van der Waals surface area (Å²) in [7, 11) is 0. The zero-order valence-corrected chi connectivity index (χ0v) is 15.8. The van der Waals surface area contributed by atoms with Gasteiger partial charge in [0.25, 0.3) is 11.1 Å². The van der Waals surface area contributed by atoms with Crippen molar-refractivity contribution in [1.82, 2.24) is 10.2 Å². The van der Waals surface area contributed by atoms with Gasteiger partial charge >= 0.3 is 5.97 Å². The third-order valence-electron chi connectivity index (χ3n) is 3.81. The zero-order chi connectivity index (χ0) is 19.6. The van der Waals surface area contributed by atoms with Crippen molar-refractivity contribution in [3.8, 4) is 0 Å². The summed E-state index contributed by atoms with van der Waals surface area (Å²) in [5.74, 6) is -1.55. The summed E-state index contributed by atoms with van der Waals surface area (Å²) in [6.07, 6.45) is -1.08. The van der Waals surface area contributed by atoms with Crippen molar-refractivity contribution in [1.29, 1.82) is 0 Å². The molecule has 0 spiro atoms. The van der Waals surface area contributed by atoms with Gasteiger partial charge in [-0.3, -0.25) is 19.3 Å². The van der Waals surface area contributed by atoms with E-state index in [-0.39, 0.29) is 35.7 Å². The monoisotopic (exact) mass is 410 g/mol. The summed E-state index contributed by atoms with van der Waals surface area (Å²) in [4.78, 5) is 48.2. The number of benzene rings is 1. The lowest BCUT2D eigenvalue weighted by atomic mass is 10.2. The molecule has 1 aliphatic heterocycles. The molecular weight excluding hydrogens is 396 g/mol. The molecule has 3 amide bonds. The molecule has 1 aliphatic rings. The Hall–Kier alpha value is -2.52. The summed E-state index contributed by atoms with van der Waals surface area (Å²) >= 11 is 6.81. The molecule has 2 heterocycles. The molecule has 1 fully saturated rings. The van der Waals surface area contributed by atoms with Crippen LogP contribution in [0.3, 0.4) is 0 Å². The van der Waals surface area contributed by atoms with E-state index in [9.17, 15) is 19.2 Å². The maximum atomic E-state index is 12.2. The van der Waals surface area contributed by atoms with Crippen molar-refractivity contribution in [2.45, 2.75) is 13.0 Å². The smallest absolute Gasteiger partial charge is 0.375 e. The van der Waals surface area contributed by atoms with Gasteiger partial charge in [-0.2, -0.15) is 0 Å². The van der Waals surface area contributed by atoms with E-state index in [1.807, 2.05) is 0 Å². The van der Waals surface area contributed by atoms with Crippen LogP contribution in [0.4, 0.5) is 4.79 Å². The van der Waals surface area contributed by atoms with Crippen LogP contribution in [0.1, 0.15) is 17.5 Å². The predicted octanol–water partition coefficient (Wildman–Crippen LogP) is 2.44. The first-order valence-electron chi connectivity index (χ1n) is 8.00. The minimum atomic E-state index is -1.08. The third kappa shape index (κ3) is 4.42. The number of halogens is 1. The highest BCUT2D eigenvalue weighted by molar-refractivity contribution is 8.14. The fourth-order valence-corrected chi connectivity index (χ4v) is 3.35. The number of esters is 1. The normalized spacial score (nSPS) is 15.3. The average molecular weight is 411 g/mol. The number of ether oxygens (including phenoxy) is 1. The number of nitrogens with one attached hydrogen (secondary N) is 1. The number of furan rings is 1. The van der Waals surface area contributed by atoms with Crippen LogP contribution >= 0.6 is 23.4 Å². The third-order valence-corrected chi connectivity index (χ3v) is 4.90. The number of imide groups is 1. The quantitative estimate of drug-likeness (QED) is 0.729. The lowest BCUT2D eigenvalue weighted by molar-refractivity contribution is -0.130. The molecule has 2 aromatic rings. The fourth-order valence-electron chi connectivity index (χ4n) is 2.42. The van der Waals surface area contributed by atoms with Gasteiger partial charge in [0.2, 0.25) is 11.7 Å². The van der Waals surface area contributed by atoms with Gasteiger partial charge in [0, 0.05) is 23.5 Å². The van der Waals surface area contributed by atoms with Gasteiger partial charge in [0.05, 0.1) is 5.75 Å². The van der Waals surface area contributed by atoms with Crippen molar-refractivity contribution in [3.05, 3.63) is 35.0 Å². The van der Waals surface area contributed by atoms with Crippen LogP contribution in [0.2, 0.25) is 5.02 Å². The van der Waals surface area contributed by atoms with Crippen LogP contribution in [-0.2, 0) is 14.3 Å². The molecule has 0 aliphatic carbocycles. The number of carbonyl (C=O) groups is 4. The Bertz CT molecular complexity index is 911. The Labute approximate surface area is 163 Å². The molecular formula is C17H15ClN2O6S. The Morgan fingerprint density at radius 3 is 2.85 bits per heavy atom. The van der Waals surface area contributed by atoms with Gasteiger partial charge in [-0.25, -0.2) is 4.79 Å². The maximum absolute atomic E-state index is 12.2. The van der Waals surface area contributed by atoms with E-state index in [1.54, 1.807) is 18.2 Å². The molecule has 0 unspecified atom stereocenters. The van der Waals surface area contributed by atoms with E-state index in [0.717, 1.165) is 16.7 Å². The Morgan fingerprint density at radius 1 is 1.37 bits per heavy atom. The van der Waals surface area contributed by atoms with Gasteiger partial charge in [-0.05, 0) is 31.2 Å². The standard InChI is InChI=1S/C17H15ClN2O6S/c1-9(15(22)19-4-5-20-14(21)8-27-17(20)24)25-16(23)13-7-10-6-11(18)2-3-12(10)26-13/h2-3,6-7,9H,4-5,8H2,1H3,(H,19,22)/t9-/m0/s1. The van der Waals surface area contributed by atoms with Crippen LogP contribution in [0.25, 0.3) is 11.0 Å². The van der Waals surface area contributed by atoms with E-state index in [4.69, 9.17) is 20.8 Å². The second-order valence-corrected chi connectivity index (χ2v) is 7.09. The molecule has 3 rings (SSSR count). The summed E-state index contributed by atoms with van der Waals surface area (Å²) < 4.78 is 10.5. The summed E-state index contributed by atoms with van der Waals surface area (Å²) in [5.41, 5.74) is 0.473. The molecule has 27 heavy (non-hydrogen) atoms. The number of fused-ring (bicyclic) bond motifs is 1. The molecule has 1 aromatic heterocycles. The lowest BCUT2D eigenvalue weighted by Crippen LogP contribution is -2.41. The van der Waals surface area contributed by atoms with Crippen LogP contribution in [0.5, 0.6) is 0 Å². The van der Waals surface area contributed by atoms with Gasteiger partial charge in [-0.1, -0.05) is 23.4 Å². The molecule has 0 saturated carbocycles. The second kappa shape index (κ2) is 8.01. The number of hydrogen-bond acceptors (Lipinski definition) is 7. The minimum Gasteiger partial charge on any atom is -0.449 e. The molecule has 10 heteroatoms. The van der Waals surface area contributed by atoms with E-state index < -0.39 is 18.0 Å². The van der Waals surface area contributed by atoms with E-state index >= 15 is 0 Å². The molecule has 8 nitrogen and oxygen atoms in total. The van der Waals surface area contributed by atoms with Crippen LogP contribution in [0, 0.1) is 0 Å². The summed E-state index contributed by atoms with van der Waals surface area (Å²) in [6, 6.07) is 6.39. The topological polar surface area (TPSA) is 106 Å². The maximum Gasteiger partial charge on any atom is 0.375 e. The summed E-state index contributed by atoms with van der Waals surface area (Å²) in [5, 5.41) is 3.33. The first-order valence-corrected chi connectivity index (χ1v) is 9.36. The second-order valence-electron chi connectivity index (χ2n) is 5.73. The van der Waals surface area contributed by atoms with Crippen LogP contribution in [-0.4, -0.2) is 52.9 Å². The molecule has 1 atom stereocenters. The van der Waals surface area contributed by atoms with Gasteiger partial charge in [-0.15, -0.1) is 0 Å². The summed E-state index contributed by atoms with van der Waals surface area (Å²) in [6.45, 7) is 1.55. The number of nitrogens with zero attached hydrogens (tertiary/aromatic N) is 1. The van der Waals surface area contributed by atoms with Crippen molar-refractivity contribution in [3.63, 3.8) is 0 Å². The Morgan fingerprint density at radius 2 is 2.15 bits per heavy atom. The number of hydrogen-bond donors (Lipinski definition) is 1. The van der Waals surface area contributed by atoms with Gasteiger partial charge in [0.15, 0.2) is 6.10 Å². The molecule has 0 bridgehead atoms. The minimum absolute atomic E-state index is 0.0443. The lowest BCUT2D eigenvalue weighted by Gasteiger charge is -2.15. The van der Waals surface area contributed by atoms with E-state index in [0.29, 0.717) is 16.0 Å². The molecule has 1 saturated heterocycles. The molecule has 0 radical (unpaired) electrons. The van der Waals surface area contributed by atoms with Crippen LogP contribution in [0.15, 0.2) is 28.7 Å². The van der Waals surface area contributed by atoms with Crippen molar-refractivity contribution < 1.29 is 28.3 Å². The zero-order valence-electron chi connectivity index (χ0n) is 14.2. The number of rotatable bonds is 6. The van der Waals surface area contributed by atoms with Crippen molar-refractivity contribution in [2.75, 3.05) is 18.8 Å². The predicted molar refractivity (Wildman–Crippen MR) is 98.7 cm³/mol. The highest BCUT2D eigenvalue weighted by Gasteiger charge is 2.29. The first-order chi connectivity index (χ1) is 12.8. The highest BCUT2D eigenvalue weighted by atomic mass is 35.5. The average Bonchev–Trinajstić information content (AvgIpc) is 3.18. The fraction of sp³-hybridized carbons (Fsp3) is 0.294. The van der Waals surface area contributed by atoms with Gasteiger partial charge < -0.3 is 14.5 Å². The largest absolute Gasteiger partial charge is 0.449 e. The van der Waals surface area contributed by atoms with Crippen molar-refractivity contribution >= 4 is 57.4 Å². The van der Waals surface area contributed by atoms with Crippen molar-refractivity contribution in [2.24, 2.45) is 0 Å². The highest BCUT2D eigenvalue weighted by Crippen LogP contribution is 2.23. The Kier molecular flexibility index (Phi) is 5.71. The van der Waals surface area contributed by atoms with E-state index in [1.165, 1.54) is 13.0 Å². The van der Waals surface area contributed by atoms with Gasteiger partial charge in [0.1, 0.15) is 5.58 Å². The molecule has 1 N–H and O–H groups in total. The number of amides is 3. The van der Waals surface area contributed by atoms with Crippen LogP contribution < -0.4 is 5.32 Å². The number of carbonyl (C=O) groups excluding carboxylic acids is 4. The molecule has 142 valence electrons. The number of thioether (sulfide) groups is 1.